The number of aliphatic hydroxyl groups excluding tert-OH is 1. The van der Waals surface area contributed by atoms with E-state index in [-0.39, 0.29) is 6.04 Å². The highest BCUT2D eigenvalue weighted by Gasteiger charge is 2.37. The Bertz CT molecular complexity index is 313. The van der Waals surface area contributed by atoms with E-state index in [0.717, 1.165) is 5.56 Å². The Balaban J connectivity index is 2.45. The second kappa shape index (κ2) is 5.32. The first kappa shape index (κ1) is 13.0. The average molecular weight is 233 g/mol. The molecule has 0 bridgehead atoms. The van der Waals surface area contributed by atoms with Gasteiger partial charge in [0, 0.05) is 12.6 Å². The monoisotopic (exact) mass is 233 g/mol. The van der Waals surface area contributed by atoms with Crippen molar-refractivity contribution in [3.8, 4) is 0 Å². The summed E-state index contributed by atoms with van der Waals surface area (Å²) in [5.74, 6) is 0. The van der Waals surface area contributed by atoms with Crippen LogP contribution in [0.3, 0.4) is 0 Å². The number of hydrogen-bond donors (Lipinski definition) is 2. The van der Waals surface area contributed by atoms with Gasteiger partial charge in [0.1, 0.15) is 0 Å². The summed E-state index contributed by atoms with van der Waals surface area (Å²) >= 11 is 0. The lowest BCUT2D eigenvalue weighted by Gasteiger charge is -2.19. The van der Waals surface area contributed by atoms with E-state index in [1.807, 2.05) is 30.3 Å². The highest BCUT2D eigenvalue weighted by atomic mass is 19.4. The molecule has 0 aromatic heterocycles. The van der Waals surface area contributed by atoms with Crippen LogP contribution in [0.15, 0.2) is 30.3 Å². The van der Waals surface area contributed by atoms with Crippen molar-refractivity contribution >= 4 is 0 Å². The zero-order valence-electron chi connectivity index (χ0n) is 8.83. The number of nitrogens with one attached hydrogen (secondary N) is 1. The second-order valence-electron chi connectivity index (χ2n) is 3.60. The van der Waals surface area contributed by atoms with Crippen molar-refractivity contribution in [3.63, 3.8) is 0 Å². The molecule has 0 amide bonds. The molecule has 0 fully saturated rings. The third-order valence-electron chi connectivity index (χ3n) is 2.29. The SMILES string of the molecule is C[C@H](NC[C@H](O)C(F)(F)F)c1ccccc1. The molecule has 2 N–H and O–H groups in total. The zero-order chi connectivity index (χ0) is 12.2. The number of aliphatic hydroxyl groups is 1. The first-order valence-electron chi connectivity index (χ1n) is 4.94. The summed E-state index contributed by atoms with van der Waals surface area (Å²) in [5, 5.41) is 11.4. The van der Waals surface area contributed by atoms with Crippen LogP contribution in [0, 0.1) is 0 Å². The minimum absolute atomic E-state index is 0.224. The van der Waals surface area contributed by atoms with E-state index in [1.54, 1.807) is 6.92 Å². The van der Waals surface area contributed by atoms with Crippen molar-refractivity contribution in [2.45, 2.75) is 25.2 Å². The summed E-state index contributed by atoms with van der Waals surface area (Å²) in [7, 11) is 0. The van der Waals surface area contributed by atoms with E-state index >= 15 is 0 Å². The fourth-order valence-corrected chi connectivity index (χ4v) is 1.26. The molecule has 0 saturated heterocycles. The molecule has 0 aliphatic heterocycles. The Morgan fingerprint density at radius 3 is 2.31 bits per heavy atom. The first-order valence-corrected chi connectivity index (χ1v) is 4.94. The van der Waals surface area contributed by atoms with Gasteiger partial charge in [-0.05, 0) is 12.5 Å². The van der Waals surface area contributed by atoms with Gasteiger partial charge in [-0.25, -0.2) is 0 Å². The third kappa shape index (κ3) is 3.83. The summed E-state index contributed by atoms with van der Waals surface area (Å²) < 4.78 is 36.0. The van der Waals surface area contributed by atoms with E-state index in [0.29, 0.717) is 0 Å². The van der Waals surface area contributed by atoms with Gasteiger partial charge in [0.05, 0.1) is 0 Å². The van der Waals surface area contributed by atoms with Crippen molar-refractivity contribution in [2.75, 3.05) is 6.54 Å². The predicted molar refractivity (Wildman–Crippen MR) is 54.9 cm³/mol. The molecule has 0 aliphatic carbocycles. The second-order valence-corrected chi connectivity index (χ2v) is 3.60. The molecule has 0 aliphatic rings. The van der Waals surface area contributed by atoms with Gasteiger partial charge < -0.3 is 10.4 Å². The molecule has 16 heavy (non-hydrogen) atoms. The molecule has 0 unspecified atom stereocenters. The number of halogens is 3. The summed E-state index contributed by atoms with van der Waals surface area (Å²) in [6.45, 7) is 1.25. The van der Waals surface area contributed by atoms with Crippen LogP contribution < -0.4 is 5.32 Å². The number of hydrogen-bond acceptors (Lipinski definition) is 2. The molecule has 0 saturated carbocycles. The Morgan fingerprint density at radius 2 is 1.81 bits per heavy atom. The molecule has 0 radical (unpaired) electrons. The molecule has 0 heterocycles. The Hall–Kier alpha value is -1.07. The van der Waals surface area contributed by atoms with Crippen molar-refractivity contribution < 1.29 is 18.3 Å². The summed E-state index contributed by atoms with van der Waals surface area (Å²) in [4.78, 5) is 0. The Morgan fingerprint density at radius 1 is 1.25 bits per heavy atom. The largest absolute Gasteiger partial charge is 0.415 e. The lowest BCUT2D eigenvalue weighted by Crippen LogP contribution is -2.39. The molecule has 1 aromatic carbocycles. The molecule has 2 nitrogen and oxygen atoms in total. The quantitative estimate of drug-likeness (QED) is 0.836. The summed E-state index contributed by atoms with van der Waals surface area (Å²) in [6, 6.07) is 8.87. The van der Waals surface area contributed by atoms with Crippen LogP contribution >= 0.6 is 0 Å². The zero-order valence-corrected chi connectivity index (χ0v) is 8.83. The van der Waals surface area contributed by atoms with Gasteiger partial charge in [0.15, 0.2) is 6.10 Å². The van der Waals surface area contributed by atoms with Crippen LogP contribution in [0.1, 0.15) is 18.5 Å². The minimum atomic E-state index is -4.57. The van der Waals surface area contributed by atoms with Gasteiger partial charge in [0.25, 0.3) is 0 Å². The lowest BCUT2D eigenvalue weighted by atomic mass is 10.1. The summed E-state index contributed by atoms with van der Waals surface area (Å²) in [6.07, 6.45) is -6.89. The van der Waals surface area contributed by atoms with Crippen LogP contribution in [0.25, 0.3) is 0 Å². The average Bonchev–Trinajstić information content (AvgIpc) is 2.25. The van der Waals surface area contributed by atoms with E-state index in [2.05, 4.69) is 5.32 Å². The smallest absolute Gasteiger partial charge is 0.382 e. The maximum absolute atomic E-state index is 12.0. The van der Waals surface area contributed by atoms with Crippen LogP contribution in [0.4, 0.5) is 13.2 Å². The molecular weight excluding hydrogens is 219 g/mol. The van der Waals surface area contributed by atoms with Gasteiger partial charge in [-0.1, -0.05) is 30.3 Å². The molecular formula is C11H14F3NO. The fourth-order valence-electron chi connectivity index (χ4n) is 1.26. The van der Waals surface area contributed by atoms with Crippen LogP contribution in [0.5, 0.6) is 0 Å². The molecule has 2 atom stereocenters. The van der Waals surface area contributed by atoms with Crippen molar-refractivity contribution in [1.29, 1.82) is 0 Å². The predicted octanol–water partition coefficient (Wildman–Crippen LogP) is 2.26. The summed E-state index contributed by atoms with van der Waals surface area (Å²) in [5.41, 5.74) is 0.886. The molecule has 5 heteroatoms. The van der Waals surface area contributed by atoms with Crippen molar-refractivity contribution in [3.05, 3.63) is 35.9 Å². The van der Waals surface area contributed by atoms with Gasteiger partial charge in [0.2, 0.25) is 0 Å². The highest BCUT2D eigenvalue weighted by Crippen LogP contribution is 2.20. The maximum Gasteiger partial charge on any atom is 0.415 e. The van der Waals surface area contributed by atoms with Crippen molar-refractivity contribution in [1.82, 2.24) is 5.32 Å². The van der Waals surface area contributed by atoms with Crippen LogP contribution in [-0.2, 0) is 0 Å². The van der Waals surface area contributed by atoms with Crippen LogP contribution in [-0.4, -0.2) is 23.9 Å². The highest BCUT2D eigenvalue weighted by molar-refractivity contribution is 5.17. The maximum atomic E-state index is 12.0. The topological polar surface area (TPSA) is 32.3 Å². The van der Waals surface area contributed by atoms with Gasteiger partial charge >= 0.3 is 6.18 Å². The fraction of sp³-hybridized carbons (Fsp3) is 0.455. The number of alkyl halides is 3. The third-order valence-corrected chi connectivity index (χ3v) is 2.29. The van der Waals surface area contributed by atoms with E-state index < -0.39 is 18.8 Å². The number of rotatable bonds is 4. The number of benzene rings is 1. The lowest BCUT2D eigenvalue weighted by molar-refractivity contribution is -0.202. The van der Waals surface area contributed by atoms with E-state index in [4.69, 9.17) is 5.11 Å². The van der Waals surface area contributed by atoms with Crippen molar-refractivity contribution in [2.24, 2.45) is 0 Å². The van der Waals surface area contributed by atoms with E-state index in [1.165, 1.54) is 0 Å². The molecule has 1 rings (SSSR count). The van der Waals surface area contributed by atoms with E-state index in [9.17, 15) is 13.2 Å². The normalized spacial score (nSPS) is 15.8. The minimum Gasteiger partial charge on any atom is -0.382 e. The molecule has 0 spiro atoms. The van der Waals surface area contributed by atoms with Crippen LogP contribution in [0.2, 0.25) is 0 Å². The molecule has 1 aromatic rings. The van der Waals surface area contributed by atoms with Gasteiger partial charge in [-0.3, -0.25) is 0 Å². The van der Waals surface area contributed by atoms with Gasteiger partial charge in [-0.2, -0.15) is 13.2 Å². The Kier molecular flexibility index (Phi) is 4.32. The van der Waals surface area contributed by atoms with Gasteiger partial charge in [-0.15, -0.1) is 0 Å². The standard InChI is InChI=1S/C11H14F3NO/c1-8(9-5-3-2-4-6-9)15-7-10(16)11(12,13)14/h2-6,8,10,15-16H,7H2,1H3/t8-,10-/m0/s1. The molecule has 90 valence electrons. The first-order chi connectivity index (χ1) is 7.41. The Labute approximate surface area is 92.1 Å².